The summed E-state index contributed by atoms with van der Waals surface area (Å²) in [6.07, 6.45) is 4.64. The van der Waals surface area contributed by atoms with Gasteiger partial charge in [0.2, 0.25) is 5.90 Å². The van der Waals surface area contributed by atoms with Gasteiger partial charge in [-0.1, -0.05) is 72.8 Å². The summed E-state index contributed by atoms with van der Waals surface area (Å²) < 4.78 is 14.4. The van der Waals surface area contributed by atoms with Crippen LogP contribution >= 0.6 is 0 Å². The van der Waals surface area contributed by atoms with Crippen molar-refractivity contribution in [2.75, 3.05) is 6.61 Å². The number of ether oxygens (including phenoxy) is 2. The molecule has 2 atom stereocenters. The number of carbonyl (C=O) groups is 1. The molecule has 1 aliphatic rings. The first-order valence-corrected chi connectivity index (χ1v) is 14.8. The molecule has 3 aromatic carbocycles. The molecule has 43 heavy (non-hydrogen) atoms. The topological polar surface area (TPSA) is 76.3 Å². The number of aliphatic carboxylic acids is 1. The molecule has 1 aliphatic heterocycles. The third-order valence-corrected chi connectivity index (χ3v) is 7.55. The van der Waals surface area contributed by atoms with E-state index >= 15 is 0 Å². The Hall–Kier alpha value is -4.36. The van der Waals surface area contributed by atoms with E-state index in [-0.39, 0.29) is 12.5 Å². The molecule has 7 nitrogen and oxygen atoms in total. The van der Waals surface area contributed by atoms with Crippen LogP contribution < -0.4 is 0 Å². The molecule has 0 aliphatic carbocycles. The molecule has 7 heteroatoms. The van der Waals surface area contributed by atoms with E-state index in [1.54, 1.807) is 0 Å². The minimum absolute atomic E-state index is 0.0146. The largest absolute Gasteiger partial charge is 0.481 e. The maximum absolute atomic E-state index is 12.7. The second-order valence-corrected chi connectivity index (χ2v) is 12.5. The van der Waals surface area contributed by atoms with Crippen LogP contribution in [0.1, 0.15) is 58.1 Å². The fourth-order valence-electron chi connectivity index (χ4n) is 5.45. The summed E-state index contributed by atoms with van der Waals surface area (Å²) in [6.45, 7) is 10.3. The zero-order chi connectivity index (χ0) is 30.6. The van der Waals surface area contributed by atoms with Crippen molar-refractivity contribution >= 4 is 11.9 Å². The zero-order valence-electron chi connectivity index (χ0n) is 25.6. The van der Waals surface area contributed by atoms with E-state index in [4.69, 9.17) is 14.6 Å². The van der Waals surface area contributed by atoms with Crippen LogP contribution in [0.15, 0.2) is 108 Å². The van der Waals surface area contributed by atoms with Crippen molar-refractivity contribution in [3.8, 4) is 16.8 Å². The second kappa shape index (κ2) is 12.5. The highest BCUT2D eigenvalue weighted by Gasteiger charge is 2.41. The van der Waals surface area contributed by atoms with Gasteiger partial charge in [-0.25, -0.2) is 0 Å². The standard InChI is InChI=1S/C36H41N3O4/c1-35(2,3)43-33(37-39-31(25-42-36(39,4)5)22-26-12-8-6-9-13-26)23-32(34(40)41)29-20-21-38(24-29)30-18-16-28(17-19-30)27-14-10-7-11-15-27/h6-21,24,31-32H,22-23,25H2,1-5H3,(H,40,41)/t31-,32-/m0/s1. The number of aromatic nitrogens is 1. The molecular weight excluding hydrogens is 538 g/mol. The molecular formula is C36H41N3O4. The van der Waals surface area contributed by atoms with Gasteiger partial charge in [0.1, 0.15) is 5.60 Å². The molecule has 4 aromatic rings. The fraction of sp³-hybridized carbons (Fsp3) is 0.333. The molecule has 1 N–H and O–H groups in total. The Balaban J connectivity index is 1.40. The summed E-state index contributed by atoms with van der Waals surface area (Å²) in [6, 6.07) is 30.5. The average molecular weight is 580 g/mol. The summed E-state index contributed by atoms with van der Waals surface area (Å²) >= 11 is 0. The van der Waals surface area contributed by atoms with Crippen LogP contribution in [-0.2, 0) is 20.7 Å². The van der Waals surface area contributed by atoms with E-state index in [1.807, 2.05) is 111 Å². The number of nitrogens with zero attached hydrogens (tertiary/aromatic N) is 3. The quantitative estimate of drug-likeness (QED) is 0.164. The Labute approximate surface area is 254 Å². The molecule has 224 valence electrons. The first-order chi connectivity index (χ1) is 20.5. The van der Waals surface area contributed by atoms with Crippen molar-refractivity contribution in [1.82, 2.24) is 9.58 Å². The highest BCUT2D eigenvalue weighted by Crippen LogP contribution is 2.32. The number of carboxylic acids is 1. The van der Waals surface area contributed by atoms with Gasteiger partial charge in [-0.2, -0.15) is 0 Å². The third kappa shape index (κ3) is 7.54. The predicted octanol–water partition coefficient (Wildman–Crippen LogP) is 7.51. The van der Waals surface area contributed by atoms with Gasteiger partial charge in [0.25, 0.3) is 0 Å². The van der Waals surface area contributed by atoms with E-state index in [0.717, 1.165) is 23.2 Å². The van der Waals surface area contributed by atoms with Gasteiger partial charge in [0.15, 0.2) is 5.72 Å². The second-order valence-electron chi connectivity index (χ2n) is 12.5. The maximum atomic E-state index is 12.7. The normalized spacial score (nSPS) is 17.6. The average Bonchev–Trinajstić information content (AvgIpc) is 3.57. The minimum atomic E-state index is -0.930. The van der Waals surface area contributed by atoms with Gasteiger partial charge in [-0.05, 0) is 81.5 Å². The van der Waals surface area contributed by atoms with Crippen LogP contribution in [0.25, 0.3) is 16.8 Å². The number of carboxylic acid groups (broad SMARTS) is 1. The lowest BCUT2D eigenvalue weighted by molar-refractivity contribution is -0.138. The van der Waals surface area contributed by atoms with Gasteiger partial charge < -0.3 is 19.1 Å². The summed E-state index contributed by atoms with van der Waals surface area (Å²) in [5.41, 5.74) is 3.87. The molecule has 5 rings (SSSR count). The molecule has 0 unspecified atom stereocenters. The molecule has 0 bridgehead atoms. The number of rotatable bonds is 9. The zero-order valence-corrected chi connectivity index (χ0v) is 25.6. The molecule has 0 saturated carbocycles. The number of benzene rings is 3. The smallest absolute Gasteiger partial charge is 0.311 e. The first-order valence-electron chi connectivity index (χ1n) is 14.8. The Morgan fingerprint density at radius 3 is 2.23 bits per heavy atom. The first kappa shape index (κ1) is 30.1. The van der Waals surface area contributed by atoms with Crippen LogP contribution in [0.4, 0.5) is 0 Å². The Morgan fingerprint density at radius 2 is 1.60 bits per heavy atom. The van der Waals surface area contributed by atoms with Crippen molar-refractivity contribution in [2.45, 2.75) is 70.7 Å². The van der Waals surface area contributed by atoms with E-state index in [0.29, 0.717) is 18.1 Å². The lowest BCUT2D eigenvalue weighted by Gasteiger charge is -2.33. The van der Waals surface area contributed by atoms with Crippen molar-refractivity contribution in [1.29, 1.82) is 0 Å². The Kier molecular flexibility index (Phi) is 8.74. The molecule has 1 fully saturated rings. The van der Waals surface area contributed by atoms with E-state index < -0.39 is 23.2 Å². The van der Waals surface area contributed by atoms with Crippen LogP contribution in [0, 0.1) is 0 Å². The van der Waals surface area contributed by atoms with Crippen molar-refractivity contribution in [2.24, 2.45) is 5.10 Å². The molecule has 2 heterocycles. The summed E-state index contributed by atoms with van der Waals surface area (Å²) in [5.74, 6) is -1.40. The fourth-order valence-corrected chi connectivity index (χ4v) is 5.45. The van der Waals surface area contributed by atoms with Crippen LogP contribution in [-0.4, -0.2) is 50.5 Å². The summed E-state index contributed by atoms with van der Waals surface area (Å²) in [5, 5.41) is 17.3. The van der Waals surface area contributed by atoms with Crippen LogP contribution in [0.2, 0.25) is 0 Å². The Morgan fingerprint density at radius 1 is 0.977 bits per heavy atom. The van der Waals surface area contributed by atoms with Gasteiger partial charge in [-0.15, -0.1) is 5.10 Å². The lowest BCUT2D eigenvalue weighted by atomic mass is 9.98. The number of hydrazone groups is 1. The molecule has 0 radical (unpaired) electrons. The van der Waals surface area contributed by atoms with E-state index in [1.165, 1.54) is 5.56 Å². The van der Waals surface area contributed by atoms with Gasteiger partial charge >= 0.3 is 5.97 Å². The monoisotopic (exact) mass is 579 g/mol. The molecule has 1 saturated heterocycles. The van der Waals surface area contributed by atoms with E-state index in [9.17, 15) is 9.90 Å². The summed E-state index contributed by atoms with van der Waals surface area (Å²) in [4.78, 5) is 12.7. The Bertz CT molecular complexity index is 1540. The number of hydrogen-bond acceptors (Lipinski definition) is 5. The highest BCUT2D eigenvalue weighted by molar-refractivity contribution is 5.86. The van der Waals surface area contributed by atoms with Gasteiger partial charge in [0, 0.05) is 24.5 Å². The van der Waals surface area contributed by atoms with Crippen molar-refractivity contribution < 1.29 is 19.4 Å². The van der Waals surface area contributed by atoms with Gasteiger partial charge in [0.05, 0.1) is 18.6 Å². The highest BCUT2D eigenvalue weighted by atomic mass is 16.5. The van der Waals surface area contributed by atoms with Crippen LogP contribution in [0.3, 0.4) is 0 Å². The van der Waals surface area contributed by atoms with Crippen molar-refractivity contribution in [3.05, 3.63) is 115 Å². The SMILES string of the molecule is CC(C)(C)OC(C[C@H](C(=O)O)c1ccn(-c2ccc(-c3ccccc3)cc2)c1)=NN1[C@@H](Cc2ccccc2)COC1(C)C. The predicted molar refractivity (Wildman–Crippen MR) is 170 cm³/mol. The maximum Gasteiger partial charge on any atom is 0.311 e. The van der Waals surface area contributed by atoms with Crippen molar-refractivity contribution in [3.63, 3.8) is 0 Å². The molecule has 0 amide bonds. The lowest BCUT2D eigenvalue weighted by Crippen LogP contribution is -2.42. The molecule has 1 aromatic heterocycles. The minimum Gasteiger partial charge on any atom is -0.481 e. The van der Waals surface area contributed by atoms with E-state index in [2.05, 4.69) is 36.4 Å². The number of hydrogen-bond donors (Lipinski definition) is 1. The summed E-state index contributed by atoms with van der Waals surface area (Å²) in [7, 11) is 0. The van der Waals surface area contributed by atoms with Gasteiger partial charge in [-0.3, -0.25) is 9.80 Å². The van der Waals surface area contributed by atoms with Crippen LogP contribution in [0.5, 0.6) is 0 Å². The third-order valence-electron chi connectivity index (χ3n) is 7.55. The molecule has 0 spiro atoms.